The zero-order valence-electron chi connectivity index (χ0n) is 18.6. The summed E-state index contributed by atoms with van der Waals surface area (Å²) in [6, 6.07) is 15.1. The maximum absolute atomic E-state index is 13.2. The van der Waals surface area contributed by atoms with Crippen LogP contribution in [0.25, 0.3) is 11.3 Å². The first-order chi connectivity index (χ1) is 15.5. The van der Waals surface area contributed by atoms with Gasteiger partial charge >= 0.3 is 0 Å². The largest absolute Gasteiger partial charge is 0.496 e. The second kappa shape index (κ2) is 9.56. The maximum Gasteiger partial charge on any atom is 0.247 e. The summed E-state index contributed by atoms with van der Waals surface area (Å²) < 4.78 is 12.0. The van der Waals surface area contributed by atoms with Crippen LogP contribution in [-0.2, 0) is 4.79 Å². The minimum absolute atomic E-state index is 0.0801. The predicted molar refractivity (Wildman–Crippen MR) is 125 cm³/mol. The molecule has 0 saturated heterocycles. The van der Waals surface area contributed by atoms with Crippen molar-refractivity contribution in [3.8, 4) is 22.9 Å². The lowest BCUT2D eigenvalue weighted by Gasteiger charge is -2.31. The van der Waals surface area contributed by atoms with Crippen LogP contribution in [0.3, 0.4) is 0 Å². The number of carbonyl (C=O) groups is 1. The Morgan fingerprint density at radius 3 is 2.66 bits per heavy atom. The van der Waals surface area contributed by atoms with E-state index in [1.54, 1.807) is 12.0 Å². The number of rotatable bonds is 6. The molecule has 2 aromatic carbocycles. The van der Waals surface area contributed by atoms with E-state index < -0.39 is 6.23 Å². The summed E-state index contributed by atoms with van der Waals surface area (Å²) in [6.45, 7) is 6.12. The third-order valence-electron chi connectivity index (χ3n) is 5.03. The average Bonchev–Trinajstić information content (AvgIpc) is 2.96. The van der Waals surface area contributed by atoms with Crippen LogP contribution in [0.2, 0.25) is 0 Å². The number of amides is 1. The Labute approximate surface area is 192 Å². The lowest BCUT2D eigenvalue weighted by Crippen LogP contribution is -2.37. The molecule has 0 fully saturated rings. The monoisotopic (exact) mass is 450 g/mol. The van der Waals surface area contributed by atoms with E-state index in [0.717, 1.165) is 16.9 Å². The Morgan fingerprint density at radius 2 is 1.91 bits per heavy atom. The molecule has 2 heterocycles. The number of thioether (sulfide) groups is 1. The summed E-state index contributed by atoms with van der Waals surface area (Å²) in [5, 5.41) is 9.33. The number of ether oxygens (including phenoxy) is 2. The smallest absolute Gasteiger partial charge is 0.247 e. The Bertz CT molecular complexity index is 1120. The number of benzene rings is 2. The molecule has 1 aliphatic rings. The van der Waals surface area contributed by atoms with Crippen LogP contribution in [-0.4, -0.2) is 34.0 Å². The van der Waals surface area contributed by atoms with E-state index in [9.17, 15) is 4.79 Å². The molecule has 0 aliphatic carbocycles. The van der Waals surface area contributed by atoms with Crippen LogP contribution in [0.5, 0.6) is 11.6 Å². The molecule has 1 amide bonds. The van der Waals surface area contributed by atoms with Gasteiger partial charge in [-0.3, -0.25) is 9.69 Å². The van der Waals surface area contributed by atoms with E-state index in [1.165, 1.54) is 11.8 Å². The molecule has 8 heteroatoms. The standard InChI is InChI=1S/C24H26N4O3S/c1-5-20(29)28-18-12-8-6-10-16(18)21-22(25-24(27-26-21)32-14-15(2)3)31-23(28)17-11-7-9-13-19(17)30-4/h6-13,15,23H,5,14H2,1-4H3/t23-/m0/s1. The van der Waals surface area contributed by atoms with Gasteiger partial charge < -0.3 is 9.47 Å². The van der Waals surface area contributed by atoms with Crippen molar-refractivity contribution in [2.45, 2.75) is 38.6 Å². The highest BCUT2D eigenvalue weighted by Gasteiger charge is 2.36. The van der Waals surface area contributed by atoms with Crippen molar-refractivity contribution >= 4 is 23.4 Å². The molecule has 0 spiro atoms. The molecule has 0 N–H and O–H groups in total. The van der Waals surface area contributed by atoms with Crippen molar-refractivity contribution < 1.29 is 14.3 Å². The van der Waals surface area contributed by atoms with Gasteiger partial charge in [0.25, 0.3) is 0 Å². The molecule has 4 rings (SSSR count). The molecule has 7 nitrogen and oxygen atoms in total. The van der Waals surface area contributed by atoms with Crippen molar-refractivity contribution in [1.29, 1.82) is 0 Å². The number of para-hydroxylation sites is 2. The van der Waals surface area contributed by atoms with Crippen molar-refractivity contribution in [2.75, 3.05) is 17.8 Å². The molecule has 166 valence electrons. The number of nitrogens with zero attached hydrogens (tertiary/aromatic N) is 4. The van der Waals surface area contributed by atoms with Gasteiger partial charge in [0.2, 0.25) is 23.2 Å². The van der Waals surface area contributed by atoms with Gasteiger partial charge in [0, 0.05) is 17.7 Å². The van der Waals surface area contributed by atoms with E-state index >= 15 is 0 Å². The van der Waals surface area contributed by atoms with Gasteiger partial charge in [0.05, 0.1) is 18.4 Å². The summed E-state index contributed by atoms with van der Waals surface area (Å²) in [5.41, 5.74) is 2.70. The normalized spacial score (nSPS) is 14.9. The molecular formula is C24H26N4O3S. The van der Waals surface area contributed by atoms with Gasteiger partial charge in [0.15, 0.2) is 5.69 Å². The van der Waals surface area contributed by atoms with Gasteiger partial charge in [-0.1, -0.05) is 62.9 Å². The second-order valence-corrected chi connectivity index (χ2v) is 8.79. The van der Waals surface area contributed by atoms with Crippen molar-refractivity contribution in [3.63, 3.8) is 0 Å². The summed E-state index contributed by atoms with van der Waals surface area (Å²) in [5.74, 6) is 2.25. The molecule has 1 aliphatic heterocycles. The van der Waals surface area contributed by atoms with E-state index in [-0.39, 0.29) is 5.91 Å². The molecule has 1 atom stereocenters. The first-order valence-corrected chi connectivity index (χ1v) is 11.6. The average molecular weight is 451 g/mol. The first-order valence-electron chi connectivity index (χ1n) is 10.6. The summed E-state index contributed by atoms with van der Waals surface area (Å²) in [6.07, 6.45) is -0.450. The number of carbonyl (C=O) groups excluding carboxylic acids is 1. The number of fused-ring (bicyclic) bond motifs is 3. The molecule has 1 aromatic heterocycles. The zero-order valence-corrected chi connectivity index (χ0v) is 19.4. The summed E-state index contributed by atoms with van der Waals surface area (Å²) in [7, 11) is 1.60. The fourth-order valence-corrected chi connectivity index (χ4v) is 4.26. The lowest BCUT2D eigenvalue weighted by atomic mass is 10.1. The van der Waals surface area contributed by atoms with Crippen LogP contribution in [0, 0.1) is 5.92 Å². The fourth-order valence-electron chi connectivity index (χ4n) is 3.53. The Hall–Kier alpha value is -3.13. The molecule has 0 saturated carbocycles. The van der Waals surface area contributed by atoms with Crippen LogP contribution in [0.1, 0.15) is 39.0 Å². The third kappa shape index (κ3) is 4.27. The number of methoxy groups -OCH3 is 1. The molecule has 0 bridgehead atoms. The predicted octanol–water partition coefficient (Wildman–Crippen LogP) is 5.13. The third-order valence-corrected chi connectivity index (χ3v) is 6.30. The van der Waals surface area contributed by atoms with Crippen molar-refractivity contribution in [3.05, 3.63) is 54.1 Å². The summed E-state index contributed by atoms with van der Waals surface area (Å²) >= 11 is 1.54. The highest BCUT2D eigenvalue weighted by atomic mass is 32.2. The van der Waals surface area contributed by atoms with E-state index in [0.29, 0.717) is 40.5 Å². The van der Waals surface area contributed by atoms with E-state index in [2.05, 4.69) is 29.0 Å². The summed E-state index contributed by atoms with van der Waals surface area (Å²) in [4.78, 5) is 19.6. The molecular weight excluding hydrogens is 424 g/mol. The molecule has 0 unspecified atom stereocenters. The lowest BCUT2D eigenvalue weighted by molar-refractivity contribution is -0.120. The fraction of sp³-hybridized carbons (Fsp3) is 0.333. The highest BCUT2D eigenvalue weighted by molar-refractivity contribution is 7.99. The Balaban J connectivity index is 1.91. The van der Waals surface area contributed by atoms with Gasteiger partial charge in [0.1, 0.15) is 5.75 Å². The SMILES string of the molecule is CCC(=O)N1c2ccccc2-c2nnc(SCC(C)C)nc2O[C@H]1c1ccccc1OC. The molecule has 32 heavy (non-hydrogen) atoms. The van der Waals surface area contributed by atoms with Gasteiger partial charge in [-0.2, -0.15) is 4.98 Å². The van der Waals surface area contributed by atoms with Crippen molar-refractivity contribution in [2.24, 2.45) is 5.92 Å². The van der Waals surface area contributed by atoms with Crippen LogP contribution < -0.4 is 14.4 Å². The Kier molecular flexibility index (Phi) is 6.60. The quantitative estimate of drug-likeness (QED) is 0.482. The number of hydrogen-bond donors (Lipinski definition) is 0. The van der Waals surface area contributed by atoms with Crippen molar-refractivity contribution in [1.82, 2.24) is 15.2 Å². The van der Waals surface area contributed by atoms with E-state index in [1.807, 2.05) is 55.5 Å². The minimum atomic E-state index is -0.763. The maximum atomic E-state index is 13.2. The van der Waals surface area contributed by atoms with Crippen LogP contribution in [0.4, 0.5) is 5.69 Å². The van der Waals surface area contributed by atoms with Crippen LogP contribution in [0.15, 0.2) is 53.7 Å². The number of hydrogen-bond acceptors (Lipinski definition) is 7. The molecule has 3 aromatic rings. The van der Waals surface area contributed by atoms with E-state index in [4.69, 9.17) is 9.47 Å². The van der Waals surface area contributed by atoms with Gasteiger partial charge in [-0.05, 0) is 24.1 Å². The van der Waals surface area contributed by atoms with Gasteiger partial charge in [-0.25, -0.2) is 0 Å². The second-order valence-electron chi connectivity index (χ2n) is 7.80. The number of aromatic nitrogens is 3. The number of anilines is 1. The highest BCUT2D eigenvalue weighted by Crippen LogP contribution is 2.45. The zero-order chi connectivity index (χ0) is 22.7. The first kappa shape index (κ1) is 22.1. The minimum Gasteiger partial charge on any atom is -0.496 e. The molecule has 0 radical (unpaired) electrons. The topological polar surface area (TPSA) is 77.4 Å². The van der Waals surface area contributed by atoms with Crippen LogP contribution >= 0.6 is 11.8 Å². The Morgan fingerprint density at radius 1 is 1.16 bits per heavy atom. The van der Waals surface area contributed by atoms with Gasteiger partial charge in [-0.15, -0.1) is 10.2 Å².